The van der Waals surface area contributed by atoms with E-state index in [9.17, 15) is 4.39 Å². The van der Waals surface area contributed by atoms with Crippen LogP contribution in [0.1, 0.15) is 38.3 Å². The molecule has 0 aromatic heterocycles. The van der Waals surface area contributed by atoms with Crippen molar-refractivity contribution in [3.8, 4) is 0 Å². The zero-order valence-corrected chi connectivity index (χ0v) is 11.8. The predicted molar refractivity (Wildman–Crippen MR) is 73.6 cm³/mol. The van der Waals surface area contributed by atoms with Gasteiger partial charge in [-0.2, -0.15) is 0 Å². The van der Waals surface area contributed by atoms with Crippen LogP contribution in [0.2, 0.25) is 5.02 Å². The van der Waals surface area contributed by atoms with Crippen LogP contribution in [0.4, 0.5) is 4.39 Å². The molecule has 0 radical (unpaired) electrons. The van der Waals surface area contributed by atoms with Crippen molar-refractivity contribution in [1.82, 2.24) is 5.32 Å². The summed E-state index contributed by atoms with van der Waals surface area (Å²) in [6.07, 6.45) is 2.01. The lowest BCUT2D eigenvalue weighted by Gasteiger charge is -2.14. The smallest absolute Gasteiger partial charge is 0.142 e. The summed E-state index contributed by atoms with van der Waals surface area (Å²) >= 11 is 5.65. The largest absolute Gasteiger partial charge is 0.381 e. The number of benzene rings is 1. The minimum Gasteiger partial charge on any atom is -0.381 e. The molecule has 0 bridgehead atoms. The van der Waals surface area contributed by atoms with Crippen molar-refractivity contribution >= 4 is 11.6 Å². The fourth-order valence-corrected chi connectivity index (χ4v) is 1.76. The maximum absolute atomic E-state index is 13.3. The van der Waals surface area contributed by atoms with Gasteiger partial charge in [0.25, 0.3) is 0 Å². The number of ether oxygens (including phenoxy) is 1. The van der Waals surface area contributed by atoms with Gasteiger partial charge in [-0.25, -0.2) is 4.39 Å². The van der Waals surface area contributed by atoms with Crippen LogP contribution in [0.15, 0.2) is 18.2 Å². The molecular weight excluding hydrogens is 253 g/mol. The van der Waals surface area contributed by atoms with Gasteiger partial charge < -0.3 is 10.1 Å². The van der Waals surface area contributed by atoms with Crippen molar-refractivity contribution in [3.63, 3.8) is 0 Å². The van der Waals surface area contributed by atoms with Gasteiger partial charge in [0.05, 0.1) is 5.02 Å². The van der Waals surface area contributed by atoms with E-state index in [4.69, 9.17) is 16.3 Å². The summed E-state index contributed by atoms with van der Waals surface area (Å²) in [6, 6.07) is 5.03. The molecule has 0 saturated heterocycles. The van der Waals surface area contributed by atoms with Crippen LogP contribution in [-0.2, 0) is 4.74 Å². The first-order valence-corrected chi connectivity index (χ1v) is 6.79. The second-order valence-corrected chi connectivity index (χ2v) is 4.72. The van der Waals surface area contributed by atoms with E-state index in [2.05, 4.69) is 12.2 Å². The Balaban J connectivity index is 2.27. The molecule has 0 aliphatic rings. The van der Waals surface area contributed by atoms with Crippen molar-refractivity contribution in [2.24, 2.45) is 0 Å². The van der Waals surface area contributed by atoms with E-state index in [1.54, 1.807) is 6.07 Å². The molecule has 0 amide bonds. The first-order valence-electron chi connectivity index (χ1n) is 6.41. The first-order chi connectivity index (χ1) is 8.65. The first kappa shape index (κ1) is 15.4. The van der Waals surface area contributed by atoms with Gasteiger partial charge in [-0.3, -0.25) is 0 Å². The Morgan fingerprint density at radius 1 is 1.39 bits per heavy atom. The highest BCUT2D eigenvalue weighted by molar-refractivity contribution is 6.30. The Labute approximate surface area is 113 Å². The molecule has 0 aliphatic heterocycles. The Kier molecular flexibility index (Phi) is 7.25. The molecular formula is C14H21ClFNO. The minimum atomic E-state index is -0.367. The zero-order valence-electron chi connectivity index (χ0n) is 11.0. The van der Waals surface area contributed by atoms with Gasteiger partial charge in [-0.05, 0) is 44.0 Å². The molecule has 1 aromatic rings. The minimum absolute atomic E-state index is 0.114. The van der Waals surface area contributed by atoms with Crippen molar-refractivity contribution in [2.75, 3.05) is 19.8 Å². The van der Waals surface area contributed by atoms with E-state index in [-0.39, 0.29) is 16.9 Å². The van der Waals surface area contributed by atoms with E-state index >= 15 is 0 Å². The Bertz CT molecular complexity index is 360. The molecule has 0 heterocycles. The Morgan fingerprint density at radius 2 is 2.17 bits per heavy atom. The molecule has 1 N–H and O–H groups in total. The summed E-state index contributed by atoms with van der Waals surface area (Å²) in [4.78, 5) is 0. The second-order valence-electron chi connectivity index (χ2n) is 4.32. The summed E-state index contributed by atoms with van der Waals surface area (Å²) in [6.45, 7) is 6.54. The van der Waals surface area contributed by atoms with Gasteiger partial charge in [0, 0.05) is 19.3 Å². The lowest BCUT2D eigenvalue weighted by atomic mass is 10.1. The quantitative estimate of drug-likeness (QED) is 0.724. The maximum Gasteiger partial charge on any atom is 0.142 e. The molecule has 0 saturated carbocycles. The van der Waals surface area contributed by atoms with Crippen molar-refractivity contribution < 1.29 is 9.13 Å². The summed E-state index contributed by atoms with van der Waals surface area (Å²) < 4.78 is 18.7. The number of hydrogen-bond donors (Lipinski definition) is 1. The van der Waals surface area contributed by atoms with Crippen LogP contribution in [-0.4, -0.2) is 19.8 Å². The second kappa shape index (κ2) is 8.46. The molecule has 1 atom stereocenters. The van der Waals surface area contributed by atoms with E-state index in [0.29, 0.717) is 0 Å². The lowest BCUT2D eigenvalue weighted by Crippen LogP contribution is -2.21. The van der Waals surface area contributed by atoms with Crippen molar-refractivity contribution in [3.05, 3.63) is 34.6 Å². The number of nitrogens with one attached hydrogen (secondary N) is 1. The van der Waals surface area contributed by atoms with Crippen LogP contribution in [0.5, 0.6) is 0 Å². The van der Waals surface area contributed by atoms with Gasteiger partial charge in [-0.1, -0.05) is 24.6 Å². The average Bonchev–Trinajstić information content (AvgIpc) is 2.36. The summed E-state index contributed by atoms with van der Waals surface area (Å²) in [5.74, 6) is -0.367. The summed E-state index contributed by atoms with van der Waals surface area (Å²) in [5, 5.41) is 3.50. The molecule has 1 rings (SSSR count). The molecule has 2 nitrogen and oxygen atoms in total. The molecule has 102 valence electrons. The number of rotatable bonds is 8. The van der Waals surface area contributed by atoms with Crippen LogP contribution in [0, 0.1) is 5.82 Å². The fraction of sp³-hybridized carbons (Fsp3) is 0.571. The molecule has 0 aliphatic carbocycles. The SMILES string of the molecule is CCCOCCCNC(C)c1ccc(Cl)c(F)c1. The van der Waals surface area contributed by atoms with Crippen molar-refractivity contribution in [2.45, 2.75) is 32.7 Å². The normalized spacial score (nSPS) is 12.7. The highest BCUT2D eigenvalue weighted by atomic mass is 35.5. The molecule has 1 aromatic carbocycles. The van der Waals surface area contributed by atoms with Crippen molar-refractivity contribution in [1.29, 1.82) is 0 Å². The monoisotopic (exact) mass is 273 g/mol. The third kappa shape index (κ3) is 5.34. The Hall–Kier alpha value is -0.640. The molecule has 0 spiro atoms. The zero-order chi connectivity index (χ0) is 13.4. The number of halogens is 2. The molecule has 4 heteroatoms. The third-order valence-electron chi connectivity index (χ3n) is 2.71. The summed E-state index contributed by atoms with van der Waals surface area (Å²) in [5.41, 5.74) is 0.909. The van der Waals surface area contributed by atoms with E-state index < -0.39 is 0 Å². The van der Waals surface area contributed by atoms with Gasteiger partial charge in [0.1, 0.15) is 5.82 Å². The molecule has 0 fully saturated rings. The highest BCUT2D eigenvalue weighted by Gasteiger charge is 2.07. The van der Waals surface area contributed by atoms with E-state index in [1.807, 2.05) is 13.0 Å². The summed E-state index contributed by atoms with van der Waals surface area (Å²) in [7, 11) is 0. The van der Waals surface area contributed by atoms with Crippen LogP contribution in [0.25, 0.3) is 0 Å². The maximum atomic E-state index is 13.3. The third-order valence-corrected chi connectivity index (χ3v) is 3.01. The van der Waals surface area contributed by atoms with Crippen LogP contribution < -0.4 is 5.32 Å². The lowest BCUT2D eigenvalue weighted by molar-refractivity contribution is 0.132. The number of hydrogen-bond acceptors (Lipinski definition) is 2. The van der Waals surface area contributed by atoms with Gasteiger partial charge >= 0.3 is 0 Å². The highest BCUT2D eigenvalue weighted by Crippen LogP contribution is 2.19. The fourth-order valence-electron chi connectivity index (χ4n) is 1.64. The predicted octanol–water partition coefficient (Wildman–Crippen LogP) is 3.95. The van der Waals surface area contributed by atoms with Crippen LogP contribution >= 0.6 is 11.6 Å². The standard InChI is InChI=1S/C14H21ClFNO/c1-3-8-18-9-4-7-17-11(2)12-5-6-13(15)14(16)10-12/h5-6,10-11,17H,3-4,7-9H2,1-2H3. The van der Waals surface area contributed by atoms with Crippen LogP contribution in [0.3, 0.4) is 0 Å². The Morgan fingerprint density at radius 3 is 2.83 bits per heavy atom. The van der Waals surface area contributed by atoms with Gasteiger partial charge in [0.2, 0.25) is 0 Å². The topological polar surface area (TPSA) is 21.3 Å². The van der Waals surface area contributed by atoms with E-state index in [0.717, 1.165) is 38.2 Å². The average molecular weight is 274 g/mol. The van der Waals surface area contributed by atoms with E-state index in [1.165, 1.54) is 6.07 Å². The molecule has 1 unspecified atom stereocenters. The van der Waals surface area contributed by atoms with Gasteiger partial charge in [-0.15, -0.1) is 0 Å². The molecule has 18 heavy (non-hydrogen) atoms. The van der Waals surface area contributed by atoms with Gasteiger partial charge in [0.15, 0.2) is 0 Å².